The van der Waals surface area contributed by atoms with Gasteiger partial charge in [0.2, 0.25) is 0 Å². The van der Waals surface area contributed by atoms with Crippen LogP contribution >= 0.6 is 0 Å². The Labute approximate surface area is 168 Å². The molecule has 0 saturated carbocycles. The topological polar surface area (TPSA) is 32.8 Å². The summed E-state index contributed by atoms with van der Waals surface area (Å²) >= 11 is 0. The molecule has 0 unspecified atom stereocenters. The van der Waals surface area contributed by atoms with Crippen LogP contribution in [0, 0.1) is 13.8 Å². The van der Waals surface area contributed by atoms with E-state index >= 15 is 0 Å². The van der Waals surface area contributed by atoms with E-state index in [1.54, 1.807) is 0 Å². The highest BCUT2D eigenvalue weighted by molar-refractivity contribution is 5.81. The Morgan fingerprint density at radius 1 is 1.04 bits per heavy atom. The van der Waals surface area contributed by atoms with Gasteiger partial charge in [-0.1, -0.05) is 48.6 Å². The molecular formula is C24H30N2O2. The molecule has 1 atom stereocenters. The lowest BCUT2D eigenvalue weighted by Crippen LogP contribution is -2.51. The van der Waals surface area contributed by atoms with E-state index in [2.05, 4.69) is 43.0 Å². The minimum Gasteiger partial charge on any atom is -0.481 e. The van der Waals surface area contributed by atoms with Gasteiger partial charge in [0.25, 0.3) is 5.91 Å². The fourth-order valence-corrected chi connectivity index (χ4v) is 3.35. The van der Waals surface area contributed by atoms with Crippen molar-refractivity contribution in [3.8, 4) is 5.75 Å². The first-order valence-corrected chi connectivity index (χ1v) is 9.99. The maximum absolute atomic E-state index is 12.7. The molecule has 0 aliphatic carbocycles. The molecule has 1 amide bonds. The van der Waals surface area contributed by atoms with E-state index in [-0.39, 0.29) is 5.91 Å². The molecule has 2 aromatic rings. The van der Waals surface area contributed by atoms with Gasteiger partial charge in [-0.15, -0.1) is 0 Å². The molecule has 1 aliphatic rings. The van der Waals surface area contributed by atoms with E-state index in [1.165, 1.54) is 16.7 Å². The van der Waals surface area contributed by atoms with E-state index in [4.69, 9.17) is 4.74 Å². The molecule has 4 nitrogen and oxygen atoms in total. The maximum Gasteiger partial charge on any atom is 0.263 e. The molecule has 1 saturated heterocycles. The number of hydrogen-bond acceptors (Lipinski definition) is 3. The lowest BCUT2D eigenvalue weighted by Gasteiger charge is -2.35. The molecule has 0 radical (unpaired) electrons. The predicted octanol–water partition coefficient (Wildman–Crippen LogP) is 3.93. The number of carbonyl (C=O) groups excluding carboxylic acids is 1. The number of hydrogen-bond donors (Lipinski definition) is 0. The van der Waals surface area contributed by atoms with Crippen LogP contribution in [-0.2, 0) is 4.79 Å². The first kappa shape index (κ1) is 20.2. The number of carbonyl (C=O) groups is 1. The van der Waals surface area contributed by atoms with E-state index in [1.807, 2.05) is 48.2 Å². The zero-order valence-corrected chi connectivity index (χ0v) is 17.1. The van der Waals surface area contributed by atoms with Crippen molar-refractivity contribution in [3.05, 3.63) is 71.3 Å². The monoisotopic (exact) mass is 378 g/mol. The lowest BCUT2D eigenvalue weighted by atomic mass is 10.1. The number of nitrogens with zero attached hydrogens (tertiary/aromatic N) is 2. The highest BCUT2D eigenvalue weighted by atomic mass is 16.5. The Hall–Kier alpha value is -2.59. The minimum absolute atomic E-state index is 0.0673. The van der Waals surface area contributed by atoms with Crippen LogP contribution in [0.2, 0.25) is 0 Å². The minimum atomic E-state index is -0.466. The zero-order valence-electron chi connectivity index (χ0n) is 17.1. The van der Waals surface area contributed by atoms with Crippen molar-refractivity contribution in [2.75, 3.05) is 32.7 Å². The number of ether oxygens (including phenoxy) is 1. The van der Waals surface area contributed by atoms with Gasteiger partial charge < -0.3 is 9.64 Å². The lowest BCUT2D eigenvalue weighted by molar-refractivity contribution is -0.139. The van der Waals surface area contributed by atoms with Gasteiger partial charge in [-0.25, -0.2) is 0 Å². The quantitative estimate of drug-likeness (QED) is 0.764. The van der Waals surface area contributed by atoms with Gasteiger partial charge in [0, 0.05) is 32.7 Å². The van der Waals surface area contributed by atoms with E-state index in [0.717, 1.165) is 38.5 Å². The summed E-state index contributed by atoms with van der Waals surface area (Å²) in [6.07, 6.45) is 3.88. The van der Waals surface area contributed by atoms with E-state index < -0.39 is 6.10 Å². The molecule has 1 fully saturated rings. The van der Waals surface area contributed by atoms with Crippen LogP contribution in [0.5, 0.6) is 5.75 Å². The number of rotatable bonds is 6. The molecule has 1 heterocycles. The van der Waals surface area contributed by atoms with Gasteiger partial charge in [-0.05, 0) is 49.6 Å². The van der Waals surface area contributed by atoms with Crippen molar-refractivity contribution >= 4 is 12.0 Å². The summed E-state index contributed by atoms with van der Waals surface area (Å²) in [5.41, 5.74) is 3.62. The standard InChI is InChI=1S/C24H30N2O2/c1-19-11-12-23(18-20(19)2)28-21(3)24(27)26-16-14-25(15-17-26)13-7-10-22-8-5-4-6-9-22/h4-12,18,21H,13-17H2,1-3H3/b10-7+/t21-/m0/s1. The van der Waals surface area contributed by atoms with E-state index in [9.17, 15) is 4.79 Å². The third-order valence-corrected chi connectivity index (χ3v) is 5.30. The molecule has 148 valence electrons. The first-order chi connectivity index (χ1) is 13.5. The number of aryl methyl sites for hydroxylation is 2. The second kappa shape index (κ2) is 9.56. The first-order valence-electron chi connectivity index (χ1n) is 9.99. The molecule has 28 heavy (non-hydrogen) atoms. The van der Waals surface area contributed by atoms with Crippen LogP contribution in [0.3, 0.4) is 0 Å². The largest absolute Gasteiger partial charge is 0.481 e. The summed E-state index contributed by atoms with van der Waals surface area (Å²) < 4.78 is 5.89. The molecule has 0 N–H and O–H groups in total. The molecule has 2 aromatic carbocycles. The molecule has 3 rings (SSSR count). The summed E-state index contributed by atoms with van der Waals surface area (Å²) in [4.78, 5) is 17.0. The second-order valence-corrected chi connectivity index (χ2v) is 7.45. The summed E-state index contributed by atoms with van der Waals surface area (Å²) in [5.74, 6) is 0.825. The highest BCUT2D eigenvalue weighted by Gasteiger charge is 2.25. The second-order valence-electron chi connectivity index (χ2n) is 7.45. The Balaban J connectivity index is 1.45. The Bertz CT molecular complexity index is 809. The molecular weight excluding hydrogens is 348 g/mol. The highest BCUT2D eigenvalue weighted by Crippen LogP contribution is 2.18. The number of piperazine rings is 1. The van der Waals surface area contributed by atoms with Crippen LogP contribution < -0.4 is 4.74 Å². The Kier molecular flexibility index (Phi) is 6.88. The SMILES string of the molecule is Cc1ccc(O[C@@H](C)C(=O)N2CCN(C/C=C/c3ccccc3)CC2)cc1C. The van der Waals surface area contributed by atoms with Crippen LogP contribution in [-0.4, -0.2) is 54.5 Å². The number of benzene rings is 2. The van der Waals surface area contributed by atoms with Gasteiger partial charge in [0.05, 0.1) is 0 Å². The fraction of sp³-hybridized carbons (Fsp3) is 0.375. The molecule has 4 heteroatoms. The molecule has 0 bridgehead atoms. The van der Waals surface area contributed by atoms with E-state index in [0.29, 0.717) is 0 Å². The maximum atomic E-state index is 12.7. The summed E-state index contributed by atoms with van der Waals surface area (Å²) in [6, 6.07) is 16.3. The van der Waals surface area contributed by atoms with Crippen molar-refractivity contribution in [3.63, 3.8) is 0 Å². The molecule has 0 aromatic heterocycles. The van der Waals surface area contributed by atoms with Gasteiger partial charge in [0.15, 0.2) is 6.10 Å². The van der Waals surface area contributed by atoms with Crippen molar-refractivity contribution in [2.45, 2.75) is 26.9 Å². The summed E-state index contributed by atoms with van der Waals surface area (Å²) in [5, 5.41) is 0. The zero-order chi connectivity index (χ0) is 19.9. The third-order valence-electron chi connectivity index (χ3n) is 5.30. The molecule has 0 spiro atoms. The number of amides is 1. The Morgan fingerprint density at radius 2 is 1.75 bits per heavy atom. The van der Waals surface area contributed by atoms with Gasteiger partial charge in [-0.3, -0.25) is 9.69 Å². The third kappa shape index (κ3) is 5.46. The van der Waals surface area contributed by atoms with Crippen molar-refractivity contribution in [1.29, 1.82) is 0 Å². The Morgan fingerprint density at radius 3 is 2.43 bits per heavy atom. The normalized spacial score (nSPS) is 16.3. The van der Waals surface area contributed by atoms with Gasteiger partial charge >= 0.3 is 0 Å². The van der Waals surface area contributed by atoms with Crippen molar-refractivity contribution < 1.29 is 9.53 Å². The van der Waals surface area contributed by atoms with Crippen molar-refractivity contribution in [1.82, 2.24) is 9.80 Å². The van der Waals surface area contributed by atoms with Gasteiger partial charge in [-0.2, -0.15) is 0 Å². The fourth-order valence-electron chi connectivity index (χ4n) is 3.35. The smallest absolute Gasteiger partial charge is 0.263 e. The van der Waals surface area contributed by atoms with Crippen LogP contribution in [0.15, 0.2) is 54.6 Å². The van der Waals surface area contributed by atoms with Gasteiger partial charge in [0.1, 0.15) is 5.75 Å². The average Bonchev–Trinajstić information content (AvgIpc) is 2.71. The van der Waals surface area contributed by atoms with Crippen molar-refractivity contribution in [2.24, 2.45) is 0 Å². The summed E-state index contributed by atoms with van der Waals surface area (Å²) in [6.45, 7) is 10.2. The molecule has 1 aliphatic heterocycles. The van der Waals surface area contributed by atoms with Crippen LogP contribution in [0.25, 0.3) is 6.08 Å². The predicted molar refractivity (Wildman–Crippen MR) is 115 cm³/mol. The summed E-state index contributed by atoms with van der Waals surface area (Å²) in [7, 11) is 0. The average molecular weight is 379 g/mol. The van der Waals surface area contributed by atoms with Crippen LogP contribution in [0.1, 0.15) is 23.6 Å². The van der Waals surface area contributed by atoms with Crippen LogP contribution in [0.4, 0.5) is 0 Å².